The highest BCUT2D eigenvalue weighted by Crippen LogP contribution is 2.14. The van der Waals surface area contributed by atoms with Crippen LogP contribution >= 0.6 is 0 Å². The summed E-state index contributed by atoms with van der Waals surface area (Å²) in [5, 5.41) is 8.75. The predicted octanol–water partition coefficient (Wildman–Crippen LogP) is -0.540. The van der Waals surface area contributed by atoms with Gasteiger partial charge in [-0.1, -0.05) is 0 Å². The van der Waals surface area contributed by atoms with Crippen molar-refractivity contribution in [2.45, 2.75) is 6.42 Å². The molecule has 1 amide bonds. The molecule has 1 aliphatic rings. The fourth-order valence-corrected chi connectivity index (χ4v) is 1.26. The SMILES string of the molecule is C#CC(=O)N1CC[C@@H](CO)C1. The number of hydrogen-bond acceptors (Lipinski definition) is 2. The zero-order valence-corrected chi connectivity index (χ0v) is 6.29. The highest BCUT2D eigenvalue weighted by atomic mass is 16.3. The van der Waals surface area contributed by atoms with E-state index in [-0.39, 0.29) is 18.4 Å². The molecule has 3 heteroatoms. The molecular weight excluding hydrogens is 142 g/mol. The molecule has 0 saturated carbocycles. The van der Waals surface area contributed by atoms with E-state index >= 15 is 0 Å². The van der Waals surface area contributed by atoms with Crippen LogP contribution in [0, 0.1) is 18.3 Å². The Morgan fingerprint density at radius 2 is 2.55 bits per heavy atom. The van der Waals surface area contributed by atoms with Gasteiger partial charge in [0.1, 0.15) is 0 Å². The summed E-state index contributed by atoms with van der Waals surface area (Å²) in [6.07, 6.45) is 5.80. The molecule has 1 fully saturated rings. The van der Waals surface area contributed by atoms with Crippen molar-refractivity contribution in [3.63, 3.8) is 0 Å². The van der Waals surface area contributed by atoms with Gasteiger partial charge in [-0.15, -0.1) is 6.42 Å². The molecule has 1 heterocycles. The first-order valence-electron chi connectivity index (χ1n) is 3.64. The van der Waals surface area contributed by atoms with Crippen LogP contribution in [0.1, 0.15) is 6.42 Å². The first kappa shape index (κ1) is 8.09. The van der Waals surface area contributed by atoms with Gasteiger partial charge in [-0.25, -0.2) is 0 Å². The molecule has 0 aromatic rings. The summed E-state index contributed by atoms with van der Waals surface area (Å²) in [5.41, 5.74) is 0. The topological polar surface area (TPSA) is 40.5 Å². The molecule has 1 N–H and O–H groups in total. The molecule has 0 aliphatic carbocycles. The number of terminal acetylenes is 1. The summed E-state index contributed by atoms with van der Waals surface area (Å²) in [5.74, 6) is 2.02. The molecule has 1 aliphatic heterocycles. The number of hydrogen-bond donors (Lipinski definition) is 1. The van der Waals surface area contributed by atoms with Crippen molar-refractivity contribution in [2.24, 2.45) is 5.92 Å². The number of aliphatic hydroxyl groups is 1. The maximum absolute atomic E-state index is 10.9. The lowest BCUT2D eigenvalue weighted by Crippen LogP contribution is -2.27. The van der Waals surface area contributed by atoms with E-state index in [2.05, 4.69) is 5.92 Å². The van der Waals surface area contributed by atoms with Gasteiger partial charge >= 0.3 is 0 Å². The molecular formula is C8H11NO2. The van der Waals surface area contributed by atoms with Gasteiger partial charge in [-0.3, -0.25) is 4.79 Å². The van der Waals surface area contributed by atoms with Crippen molar-refractivity contribution < 1.29 is 9.90 Å². The zero-order valence-electron chi connectivity index (χ0n) is 6.29. The van der Waals surface area contributed by atoms with Crippen LogP contribution in [0.3, 0.4) is 0 Å². The van der Waals surface area contributed by atoms with Gasteiger partial charge in [-0.2, -0.15) is 0 Å². The summed E-state index contributed by atoms with van der Waals surface area (Å²) < 4.78 is 0. The molecule has 1 rings (SSSR count). The van der Waals surface area contributed by atoms with E-state index < -0.39 is 0 Å². The average Bonchev–Trinajstić information content (AvgIpc) is 2.50. The Hall–Kier alpha value is -1.01. The van der Waals surface area contributed by atoms with E-state index in [4.69, 9.17) is 11.5 Å². The zero-order chi connectivity index (χ0) is 8.27. The summed E-state index contributed by atoms with van der Waals surface area (Å²) in [6, 6.07) is 0. The maximum atomic E-state index is 10.9. The molecule has 1 saturated heterocycles. The first-order valence-corrected chi connectivity index (χ1v) is 3.64. The smallest absolute Gasteiger partial charge is 0.298 e. The molecule has 0 unspecified atom stereocenters. The number of carbonyl (C=O) groups excluding carboxylic acids is 1. The third-order valence-electron chi connectivity index (χ3n) is 1.95. The van der Waals surface area contributed by atoms with E-state index in [0.29, 0.717) is 13.1 Å². The summed E-state index contributed by atoms with van der Waals surface area (Å²) in [7, 11) is 0. The third kappa shape index (κ3) is 1.72. The van der Waals surface area contributed by atoms with Crippen LogP contribution in [0.2, 0.25) is 0 Å². The van der Waals surface area contributed by atoms with E-state index in [9.17, 15) is 4.79 Å². The minimum absolute atomic E-state index is 0.147. The third-order valence-corrected chi connectivity index (χ3v) is 1.95. The van der Waals surface area contributed by atoms with E-state index in [1.807, 2.05) is 0 Å². The van der Waals surface area contributed by atoms with Crippen LogP contribution in [0.25, 0.3) is 0 Å². The van der Waals surface area contributed by atoms with Crippen LogP contribution in [0.4, 0.5) is 0 Å². The van der Waals surface area contributed by atoms with Crippen molar-refractivity contribution >= 4 is 5.91 Å². The monoisotopic (exact) mass is 153 g/mol. The number of likely N-dealkylation sites (tertiary alicyclic amines) is 1. The average molecular weight is 153 g/mol. The van der Waals surface area contributed by atoms with Gasteiger partial charge in [0.05, 0.1) is 0 Å². The van der Waals surface area contributed by atoms with Crippen LogP contribution in [-0.2, 0) is 4.79 Å². The summed E-state index contributed by atoms with van der Waals surface area (Å²) in [6.45, 7) is 1.45. The largest absolute Gasteiger partial charge is 0.396 e. The molecule has 0 radical (unpaired) electrons. The second-order valence-corrected chi connectivity index (χ2v) is 2.73. The lowest BCUT2D eigenvalue weighted by Gasteiger charge is -2.11. The number of carbonyl (C=O) groups is 1. The van der Waals surface area contributed by atoms with Crippen molar-refractivity contribution in [1.82, 2.24) is 4.90 Å². The Balaban J connectivity index is 2.43. The van der Waals surface area contributed by atoms with Gasteiger partial charge in [0, 0.05) is 25.6 Å². The minimum atomic E-state index is -0.263. The number of nitrogens with zero attached hydrogens (tertiary/aromatic N) is 1. The van der Waals surface area contributed by atoms with Gasteiger partial charge in [-0.05, 0) is 12.3 Å². The second-order valence-electron chi connectivity index (χ2n) is 2.73. The fourth-order valence-electron chi connectivity index (χ4n) is 1.26. The number of rotatable bonds is 1. The van der Waals surface area contributed by atoms with Crippen LogP contribution in [-0.4, -0.2) is 35.6 Å². The molecule has 0 aromatic heterocycles. The first-order chi connectivity index (χ1) is 5.27. The highest BCUT2D eigenvalue weighted by Gasteiger charge is 2.24. The van der Waals surface area contributed by atoms with E-state index in [1.54, 1.807) is 4.90 Å². The number of amides is 1. The molecule has 1 atom stereocenters. The predicted molar refractivity (Wildman–Crippen MR) is 40.6 cm³/mol. The van der Waals surface area contributed by atoms with Gasteiger partial charge in [0.2, 0.25) is 0 Å². The highest BCUT2D eigenvalue weighted by molar-refractivity contribution is 5.93. The minimum Gasteiger partial charge on any atom is -0.396 e. The van der Waals surface area contributed by atoms with Gasteiger partial charge in [0.15, 0.2) is 0 Å². The molecule has 60 valence electrons. The maximum Gasteiger partial charge on any atom is 0.298 e. The van der Waals surface area contributed by atoms with Gasteiger partial charge < -0.3 is 10.0 Å². The Labute approximate surface area is 66.0 Å². The van der Waals surface area contributed by atoms with Crippen molar-refractivity contribution in [3.8, 4) is 12.3 Å². The standard InChI is InChI=1S/C8H11NO2/c1-2-8(11)9-4-3-7(5-9)6-10/h1,7,10H,3-6H2/t7-/m1/s1. The Morgan fingerprint density at radius 1 is 1.82 bits per heavy atom. The van der Waals surface area contributed by atoms with E-state index in [0.717, 1.165) is 6.42 Å². The second kappa shape index (κ2) is 3.40. The Morgan fingerprint density at radius 3 is 3.00 bits per heavy atom. The van der Waals surface area contributed by atoms with Crippen LogP contribution < -0.4 is 0 Å². The van der Waals surface area contributed by atoms with Crippen LogP contribution in [0.15, 0.2) is 0 Å². The Bertz CT molecular complexity index is 195. The molecule has 0 spiro atoms. The molecule has 0 aromatic carbocycles. The quantitative estimate of drug-likeness (QED) is 0.514. The van der Waals surface area contributed by atoms with Crippen molar-refractivity contribution in [1.29, 1.82) is 0 Å². The fraction of sp³-hybridized carbons (Fsp3) is 0.625. The number of aliphatic hydroxyl groups excluding tert-OH is 1. The lowest BCUT2D eigenvalue weighted by molar-refractivity contribution is -0.124. The molecule has 0 bridgehead atoms. The van der Waals surface area contributed by atoms with E-state index in [1.165, 1.54) is 0 Å². The van der Waals surface area contributed by atoms with Crippen molar-refractivity contribution in [3.05, 3.63) is 0 Å². The summed E-state index contributed by atoms with van der Waals surface area (Å²) >= 11 is 0. The summed E-state index contributed by atoms with van der Waals surface area (Å²) in [4.78, 5) is 12.5. The Kier molecular flexibility index (Phi) is 2.50. The van der Waals surface area contributed by atoms with Crippen molar-refractivity contribution in [2.75, 3.05) is 19.7 Å². The normalized spacial score (nSPS) is 23.3. The molecule has 11 heavy (non-hydrogen) atoms. The molecule has 3 nitrogen and oxygen atoms in total. The lowest BCUT2D eigenvalue weighted by atomic mass is 10.1. The van der Waals surface area contributed by atoms with Gasteiger partial charge in [0.25, 0.3) is 5.91 Å². The van der Waals surface area contributed by atoms with Crippen LogP contribution in [0.5, 0.6) is 0 Å².